The summed E-state index contributed by atoms with van der Waals surface area (Å²) in [5.41, 5.74) is 3.26. The molecule has 0 aromatic carbocycles. The number of rotatable bonds is 5. The highest BCUT2D eigenvalue weighted by molar-refractivity contribution is 7.14. The number of hydrogen-bond donors (Lipinski definition) is 0. The van der Waals surface area contributed by atoms with Crippen molar-refractivity contribution in [3.05, 3.63) is 45.4 Å². The Morgan fingerprint density at radius 2 is 2.10 bits per heavy atom. The van der Waals surface area contributed by atoms with Gasteiger partial charge in [0.1, 0.15) is 10.8 Å². The first kappa shape index (κ1) is 13.5. The van der Waals surface area contributed by atoms with E-state index in [9.17, 15) is 0 Å². The molecule has 0 aliphatic carbocycles. The summed E-state index contributed by atoms with van der Waals surface area (Å²) < 4.78 is 5.08. The highest BCUT2D eigenvalue weighted by Gasteiger charge is 2.09. The van der Waals surface area contributed by atoms with E-state index >= 15 is 0 Å². The minimum atomic E-state index is 0.767. The molecule has 0 fully saturated rings. The monoisotopic (exact) mass is 305 g/mol. The molecule has 3 aromatic heterocycles. The third kappa shape index (κ3) is 3.15. The molecular weight excluding hydrogens is 290 g/mol. The Morgan fingerprint density at radius 1 is 1.25 bits per heavy atom. The largest absolute Gasteiger partial charge is 0.361 e. The smallest absolute Gasteiger partial charge is 0.133 e. The van der Waals surface area contributed by atoms with Gasteiger partial charge in [-0.25, -0.2) is 4.98 Å². The van der Waals surface area contributed by atoms with Gasteiger partial charge in [0, 0.05) is 35.5 Å². The number of thiophene rings is 1. The van der Waals surface area contributed by atoms with Gasteiger partial charge in [0.15, 0.2) is 0 Å². The predicted octanol–water partition coefficient (Wildman–Crippen LogP) is 3.80. The SMILES string of the molecule is Cc1cc(CN(C)Cc2csc(-c3ccsc3)n2)no1. The number of nitrogens with zero attached hydrogens (tertiary/aromatic N) is 3. The van der Waals surface area contributed by atoms with E-state index in [0.29, 0.717) is 0 Å². The summed E-state index contributed by atoms with van der Waals surface area (Å²) in [6, 6.07) is 4.07. The fourth-order valence-electron chi connectivity index (χ4n) is 2.00. The van der Waals surface area contributed by atoms with E-state index in [0.717, 1.165) is 35.2 Å². The second-order valence-corrected chi connectivity index (χ2v) is 6.40. The Bertz CT molecular complexity index is 672. The van der Waals surface area contributed by atoms with Crippen molar-refractivity contribution in [2.24, 2.45) is 0 Å². The first-order valence-electron chi connectivity index (χ1n) is 6.28. The van der Waals surface area contributed by atoms with Crippen molar-refractivity contribution in [2.45, 2.75) is 20.0 Å². The van der Waals surface area contributed by atoms with Gasteiger partial charge < -0.3 is 4.52 Å². The van der Waals surface area contributed by atoms with Gasteiger partial charge in [-0.1, -0.05) is 5.16 Å². The van der Waals surface area contributed by atoms with Crippen LogP contribution >= 0.6 is 22.7 Å². The quantitative estimate of drug-likeness (QED) is 0.719. The summed E-state index contributed by atoms with van der Waals surface area (Å²) >= 11 is 3.39. The summed E-state index contributed by atoms with van der Waals surface area (Å²) in [6.45, 7) is 3.49. The molecule has 6 heteroatoms. The fraction of sp³-hybridized carbons (Fsp3) is 0.286. The van der Waals surface area contributed by atoms with E-state index in [2.05, 4.69) is 44.3 Å². The Morgan fingerprint density at radius 3 is 2.80 bits per heavy atom. The summed E-state index contributed by atoms with van der Waals surface area (Å²) in [5, 5.41) is 11.4. The first-order chi connectivity index (χ1) is 9.70. The van der Waals surface area contributed by atoms with E-state index < -0.39 is 0 Å². The minimum Gasteiger partial charge on any atom is -0.361 e. The molecule has 0 radical (unpaired) electrons. The zero-order chi connectivity index (χ0) is 13.9. The molecule has 0 unspecified atom stereocenters. The lowest BCUT2D eigenvalue weighted by Crippen LogP contribution is -2.17. The third-order valence-corrected chi connectivity index (χ3v) is 4.48. The van der Waals surface area contributed by atoms with E-state index in [1.54, 1.807) is 22.7 Å². The van der Waals surface area contributed by atoms with E-state index in [-0.39, 0.29) is 0 Å². The molecule has 3 aromatic rings. The van der Waals surface area contributed by atoms with Crippen LogP contribution in [0.3, 0.4) is 0 Å². The Balaban J connectivity index is 1.63. The summed E-state index contributed by atoms with van der Waals surface area (Å²) in [7, 11) is 2.06. The minimum absolute atomic E-state index is 0.767. The Kier molecular flexibility index (Phi) is 3.95. The van der Waals surface area contributed by atoms with Gasteiger partial charge in [-0.3, -0.25) is 4.90 Å². The summed E-state index contributed by atoms with van der Waals surface area (Å²) in [4.78, 5) is 6.86. The third-order valence-electron chi connectivity index (χ3n) is 2.86. The second-order valence-electron chi connectivity index (χ2n) is 4.76. The Labute approximate surface area is 125 Å². The second kappa shape index (κ2) is 5.87. The molecule has 0 atom stereocenters. The van der Waals surface area contributed by atoms with Crippen LogP contribution < -0.4 is 0 Å². The fourth-order valence-corrected chi connectivity index (χ4v) is 3.52. The van der Waals surface area contributed by atoms with Gasteiger partial charge in [0.25, 0.3) is 0 Å². The van der Waals surface area contributed by atoms with Crippen LogP contribution in [0.5, 0.6) is 0 Å². The number of aryl methyl sites for hydroxylation is 1. The molecule has 3 heterocycles. The average molecular weight is 305 g/mol. The van der Waals surface area contributed by atoms with Crippen LogP contribution in [0.2, 0.25) is 0 Å². The molecule has 0 N–H and O–H groups in total. The van der Waals surface area contributed by atoms with Gasteiger partial charge in [0.2, 0.25) is 0 Å². The van der Waals surface area contributed by atoms with Gasteiger partial charge >= 0.3 is 0 Å². The molecule has 104 valence electrons. The van der Waals surface area contributed by atoms with Gasteiger partial charge in [-0.15, -0.1) is 11.3 Å². The first-order valence-corrected chi connectivity index (χ1v) is 8.10. The highest BCUT2D eigenvalue weighted by atomic mass is 32.1. The number of aromatic nitrogens is 2. The average Bonchev–Trinajstić information content (AvgIpc) is 3.10. The topological polar surface area (TPSA) is 42.2 Å². The van der Waals surface area contributed by atoms with Crippen molar-refractivity contribution in [1.29, 1.82) is 0 Å². The molecule has 4 nitrogen and oxygen atoms in total. The van der Waals surface area contributed by atoms with Crippen LogP contribution in [0.1, 0.15) is 17.1 Å². The molecule has 0 spiro atoms. The summed E-state index contributed by atoms with van der Waals surface area (Å²) in [5.74, 6) is 0.849. The zero-order valence-corrected chi connectivity index (χ0v) is 13.0. The van der Waals surface area contributed by atoms with Gasteiger partial charge in [-0.05, 0) is 25.4 Å². The standard InChI is InChI=1S/C14H15N3OS2/c1-10-5-12(16-18-10)6-17(2)7-13-9-20-14(15-13)11-3-4-19-8-11/h3-5,8-9H,6-7H2,1-2H3. The zero-order valence-electron chi connectivity index (χ0n) is 11.4. The normalized spacial score (nSPS) is 11.3. The van der Waals surface area contributed by atoms with Crippen molar-refractivity contribution in [3.63, 3.8) is 0 Å². The van der Waals surface area contributed by atoms with Crippen LogP contribution in [0, 0.1) is 6.92 Å². The van der Waals surface area contributed by atoms with Crippen LogP contribution in [-0.2, 0) is 13.1 Å². The highest BCUT2D eigenvalue weighted by Crippen LogP contribution is 2.26. The molecule has 3 rings (SSSR count). The maximum absolute atomic E-state index is 5.08. The van der Waals surface area contributed by atoms with Crippen LogP contribution in [0.4, 0.5) is 0 Å². The van der Waals surface area contributed by atoms with E-state index in [1.807, 2.05) is 13.0 Å². The van der Waals surface area contributed by atoms with Crippen LogP contribution in [-0.4, -0.2) is 22.1 Å². The molecule has 0 aliphatic rings. The molecule has 20 heavy (non-hydrogen) atoms. The van der Waals surface area contributed by atoms with Crippen LogP contribution in [0.25, 0.3) is 10.6 Å². The number of hydrogen-bond acceptors (Lipinski definition) is 6. The lowest BCUT2D eigenvalue weighted by atomic mass is 10.3. The predicted molar refractivity (Wildman–Crippen MR) is 81.8 cm³/mol. The van der Waals surface area contributed by atoms with Crippen molar-refractivity contribution in [2.75, 3.05) is 7.05 Å². The molecule has 0 bridgehead atoms. The molecular formula is C14H15N3OS2. The van der Waals surface area contributed by atoms with Crippen molar-refractivity contribution < 1.29 is 4.52 Å². The molecule has 0 saturated heterocycles. The lowest BCUT2D eigenvalue weighted by Gasteiger charge is -2.12. The molecule has 0 amide bonds. The van der Waals surface area contributed by atoms with Gasteiger partial charge in [-0.2, -0.15) is 11.3 Å². The van der Waals surface area contributed by atoms with Gasteiger partial charge in [0.05, 0.1) is 11.4 Å². The Hall–Kier alpha value is -1.50. The summed E-state index contributed by atoms with van der Waals surface area (Å²) in [6.07, 6.45) is 0. The lowest BCUT2D eigenvalue weighted by molar-refractivity contribution is 0.299. The van der Waals surface area contributed by atoms with Crippen molar-refractivity contribution >= 4 is 22.7 Å². The van der Waals surface area contributed by atoms with E-state index in [1.165, 1.54) is 5.56 Å². The van der Waals surface area contributed by atoms with Crippen LogP contribution in [0.15, 0.2) is 32.8 Å². The van der Waals surface area contributed by atoms with E-state index in [4.69, 9.17) is 4.52 Å². The number of thiazole rings is 1. The molecule has 0 saturated carbocycles. The maximum Gasteiger partial charge on any atom is 0.133 e. The van der Waals surface area contributed by atoms with Crippen molar-refractivity contribution in [3.8, 4) is 10.6 Å². The molecule has 0 aliphatic heterocycles. The van der Waals surface area contributed by atoms with Crippen molar-refractivity contribution in [1.82, 2.24) is 15.0 Å². The maximum atomic E-state index is 5.08.